The van der Waals surface area contributed by atoms with E-state index in [1.165, 1.54) is 0 Å². The van der Waals surface area contributed by atoms with Gasteiger partial charge in [0.15, 0.2) is 12.0 Å². The summed E-state index contributed by atoms with van der Waals surface area (Å²) in [5.74, 6) is -0.501. The molecule has 2 nitrogen and oxygen atoms in total. The van der Waals surface area contributed by atoms with Crippen LogP contribution >= 0.6 is 0 Å². The highest BCUT2D eigenvalue weighted by molar-refractivity contribution is 5.91. The fourth-order valence-corrected chi connectivity index (χ4v) is 1.65. The van der Waals surface area contributed by atoms with Crippen LogP contribution in [0.1, 0.15) is 17.3 Å². The molecule has 1 aliphatic carbocycles. The molecule has 0 fully saturated rings. The second-order valence-corrected chi connectivity index (χ2v) is 3.27. The molecule has 0 spiro atoms. The third-order valence-electron chi connectivity index (χ3n) is 2.38. The van der Waals surface area contributed by atoms with Crippen molar-refractivity contribution in [3.63, 3.8) is 0 Å². The number of benzene rings is 1. The number of ketones is 1. The van der Waals surface area contributed by atoms with E-state index < -0.39 is 18.0 Å². The number of carbonyl (C=O) groups excluding carboxylic acids is 1. The lowest BCUT2D eigenvalue weighted by atomic mass is 9.86. The van der Waals surface area contributed by atoms with E-state index >= 15 is 0 Å². The second-order valence-electron chi connectivity index (χ2n) is 3.27. The molecule has 0 saturated heterocycles. The van der Waals surface area contributed by atoms with Gasteiger partial charge in [0.1, 0.15) is 0 Å². The van der Waals surface area contributed by atoms with Gasteiger partial charge >= 0.3 is 0 Å². The fourth-order valence-electron chi connectivity index (χ4n) is 1.65. The van der Waals surface area contributed by atoms with Crippen LogP contribution < -0.4 is 5.73 Å². The van der Waals surface area contributed by atoms with Crippen molar-refractivity contribution in [2.75, 3.05) is 0 Å². The zero-order valence-corrected chi connectivity index (χ0v) is 7.03. The van der Waals surface area contributed by atoms with Gasteiger partial charge < -0.3 is 5.73 Å². The van der Waals surface area contributed by atoms with E-state index in [-0.39, 0.29) is 0 Å². The molecule has 0 bridgehead atoms. The van der Waals surface area contributed by atoms with Crippen LogP contribution in [0.3, 0.4) is 0 Å². The summed E-state index contributed by atoms with van der Waals surface area (Å²) in [6, 6.07) is 6.34. The van der Waals surface area contributed by atoms with Crippen LogP contribution in [0.2, 0.25) is 0 Å². The van der Waals surface area contributed by atoms with Crippen molar-refractivity contribution in [3.8, 4) is 0 Å². The zero-order valence-electron chi connectivity index (χ0n) is 7.03. The molecule has 1 aliphatic rings. The van der Waals surface area contributed by atoms with Crippen molar-refractivity contribution in [1.82, 2.24) is 0 Å². The number of nitrogens with two attached hydrogens (primary N) is 1. The summed E-state index contributed by atoms with van der Waals surface area (Å²) in [5.41, 5.74) is 6.82. The standard InChI is InChI=1S/C10H10FNO/c11-9-7-4-2-1-3-6(7)5-8(12)10(9)13/h1-4,8-9H,5,12H2. The molecular formula is C10H10FNO. The van der Waals surface area contributed by atoms with Crippen molar-refractivity contribution < 1.29 is 9.18 Å². The number of Topliss-reactive ketones (excluding diaryl/α,β-unsaturated/α-hetero) is 1. The van der Waals surface area contributed by atoms with Crippen LogP contribution in [0, 0.1) is 0 Å². The van der Waals surface area contributed by atoms with Gasteiger partial charge in [0.2, 0.25) is 0 Å². The Morgan fingerprint density at radius 1 is 1.38 bits per heavy atom. The third-order valence-corrected chi connectivity index (χ3v) is 2.38. The molecule has 0 aliphatic heterocycles. The van der Waals surface area contributed by atoms with Gasteiger partial charge in [0.05, 0.1) is 6.04 Å². The fraction of sp³-hybridized carbons (Fsp3) is 0.300. The van der Waals surface area contributed by atoms with Crippen molar-refractivity contribution in [3.05, 3.63) is 35.4 Å². The number of halogens is 1. The van der Waals surface area contributed by atoms with Crippen molar-refractivity contribution >= 4 is 5.78 Å². The van der Waals surface area contributed by atoms with E-state index in [1.54, 1.807) is 12.1 Å². The normalized spacial score (nSPS) is 27.1. The molecule has 1 aromatic rings. The number of fused-ring (bicyclic) bond motifs is 1. The Kier molecular flexibility index (Phi) is 1.88. The van der Waals surface area contributed by atoms with Gasteiger partial charge in [-0.15, -0.1) is 0 Å². The zero-order chi connectivity index (χ0) is 9.42. The summed E-state index contributed by atoms with van der Waals surface area (Å²) in [6.45, 7) is 0. The van der Waals surface area contributed by atoms with Crippen molar-refractivity contribution in [2.24, 2.45) is 5.73 Å². The Balaban J connectivity index is 2.49. The molecule has 0 aromatic heterocycles. The molecule has 2 N–H and O–H groups in total. The third kappa shape index (κ3) is 1.25. The summed E-state index contributed by atoms with van der Waals surface area (Å²) in [5, 5.41) is 0. The molecular weight excluding hydrogens is 169 g/mol. The van der Waals surface area contributed by atoms with Gasteiger partial charge in [-0.2, -0.15) is 0 Å². The lowest BCUT2D eigenvalue weighted by Gasteiger charge is -2.22. The molecule has 2 rings (SSSR count). The summed E-state index contributed by atoms with van der Waals surface area (Å²) >= 11 is 0. The Morgan fingerprint density at radius 2 is 2.08 bits per heavy atom. The maximum Gasteiger partial charge on any atom is 0.188 e. The minimum absolute atomic E-state index is 0.454. The van der Waals surface area contributed by atoms with Gasteiger partial charge in [-0.1, -0.05) is 24.3 Å². The monoisotopic (exact) mass is 179 g/mol. The number of carbonyl (C=O) groups is 1. The highest BCUT2D eigenvalue weighted by Gasteiger charge is 2.32. The van der Waals surface area contributed by atoms with Crippen LogP contribution in [-0.4, -0.2) is 11.8 Å². The molecule has 68 valence electrons. The van der Waals surface area contributed by atoms with E-state index in [9.17, 15) is 9.18 Å². The molecule has 2 unspecified atom stereocenters. The number of alkyl halides is 1. The Labute approximate surface area is 75.6 Å². The Bertz CT molecular complexity index is 351. The molecule has 0 heterocycles. The van der Waals surface area contributed by atoms with E-state index in [4.69, 9.17) is 5.73 Å². The first-order valence-corrected chi connectivity index (χ1v) is 4.21. The second kappa shape index (κ2) is 2.92. The largest absolute Gasteiger partial charge is 0.321 e. The predicted octanol–water partition coefficient (Wildman–Crippen LogP) is 1.15. The number of hydrogen-bond donors (Lipinski definition) is 1. The first kappa shape index (κ1) is 8.38. The average Bonchev–Trinajstić information content (AvgIpc) is 2.15. The van der Waals surface area contributed by atoms with E-state index in [1.807, 2.05) is 12.1 Å². The van der Waals surface area contributed by atoms with E-state index in [0.717, 1.165) is 5.56 Å². The van der Waals surface area contributed by atoms with E-state index in [2.05, 4.69) is 0 Å². The van der Waals surface area contributed by atoms with Crippen LogP contribution in [0.4, 0.5) is 4.39 Å². The van der Waals surface area contributed by atoms with E-state index in [0.29, 0.717) is 12.0 Å². The maximum atomic E-state index is 13.4. The van der Waals surface area contributed by atoms with Gasteiger partial charge in [-0.05, 0) is 17.5 Å². The van der Waals surface area contributed by atoms with Crippen LogP contribution in [0.5, 0.6) is 0 Å². The molecule has 1 aromatic carbocycles. The van der Waals surface area contributed by atoms with Gasteiger partial charge in [0.25, 0.3) is 0 Å². The van der Waals surface area contributed by atoms with Gasteiger partial charge in [-0.3, -0.25) is 4.79 Å². The minimum atomic E-state index is -1.53. The van der Waals surface area contributed by atoms with Crippen molar-refractivity contribution in [1.29, 1.82) is 0 Å². The van der Waals surface area contributed by atoms with Gasteiger partial charge in [-0.25, -0.2) is 4.39 Å². The maximum absolute atomic E-state index is 13.4. The topological polar surface area (TPSA) is 43.1 Å². The SMILES string of the molecule is NC1Cc2ccccc2C(F)C1=O. The predicted molar refractivity (Wildman–Crippen MR) is 47.0 cm³/mol. The summed E-state index contributed by atoms with van der Waals surface area (Å²) in [4.78, 5) is 11.2. The Hall–Kier alpha value is -1.22. The van der Waals surface area contributed by atoms with Crippen LogP contribution in [-0.2, 0) is 11.2 Å². The summed E-state index contributed by atoms with van der Waals surface area (Å²) in [6.07, 6.45) is -1.07. The highest BCUT2D eigenvalue weighted by atomic mass is 19.1. The highest BCUT2D eigenvalue weighted by Crippen LogP contribution is 2.29. The van der Waals surface area contributed by atoms with Crippen molar-refractivity contribution in [2.45, 2.75) is 18.6 Å². The minimum Gasteiger partial charge on any atom is -0.321 e. The lowest BCUT2D eigenvalue weighted by Crippen LogP contribution is -2.39. The first-order chi connectivity index (χ1) is 6.20. The first-order valence-electron chi connectivity index (χ1n) is 4.21. The molecule has 0 radical (unpaired) electrons. The molecule has 13 heavy (non-hydrogen) atoms. The molecule has 2 atom stereocenters. The smallest absolute Gasteiger partial charge is 0.188 e. The summed E-state index contributed by atoms with van der Waals surface area (Å²) in [7, 11) is 0. The average molecular weight is 179 g/mol. The molecule has 0 saturated carbocycles. The lowest BCUT2D eigenvalue weighted by molar-refractivity contribution is -0.125. The number of hydrogen-bond acceptors (Lipinski definition) is 2. The van der Waals surface area contributed by atoms with Crippen LogP contribution in [0.15, 0.2) is 24.3 Å². The quantitative estimate of drug-likeness (QED) is 0.649. The number of rotatable bonds is 0. The molecule has 3 heteroatoms. The Morgan fingerprint density at radius 3 is 2.85 bits per heavy atom. The summed E-state index contributed by atoms with van der Waals surface area (Å²) < 4.78 is 13.4. The van der Waals surface area contributed by atoms with Gasteiger partial charge in [0, 0.05) is 0 Å². The van der Waals surface area contributed by atoms with Crippen LogP contribution in [0.25, 0.3) is 0 Å². The molecule has 0 amide bonds.